The van der Waals surface area contributed by atoms with Crippen LogP contribution in [-0.2, 0) is 10.0 Å². The minimum absolute atomic E-state index is 0.416. The van der Waals surface area contributed by atoms with Crippen LogP contribution < -0.4 is 10.5 Å². The van der Waals surface area contributed by atoms with E-state index in [0.29, 0.717) is 25.3 Å². The zero-order chi connectivity index (χ0) is 10.3. The number of nitrogens with two attached hydrogens (primary N) is 1. The van der Waals surface area contributed by atoms with Crippen LogP contribution in [0.3, 0.4) is 0 Å². The second-order valence-electron chi connectivity index (χ2n) is 2.75. The Bertz CT molecular complexity index is 259. The van der Waals surface area contributed by atoms with Crippen molar-refractivity contribution >= 4 is 15.9 Å². The summed E-state index contributed by atoms with van der Waals surface area (Å²) in [6, 6.07) is 0. The van der Waals surface area contributed by atoms with Crippen LogP contribution in [0, 0.1) is 0 Å². The van der Waals surface area contributed by atoms with E-state index in [1.807, 2.05) is 6.92 Å². The minimum Gasteiger partial charge on any atom is -0.387 e. The Kier molecular flexibility index (Phi) is 5.65. The van der Waals surface area contributed by atoms with Crippen molar-refractivity contribution in [3.8, 4) is 0 Å². The van der Waals surface area contributed by atoms with E-state index < -0.39 is 10.0 Å². The topological polar surface area (TPSA) is 84.5 Å². The normalized spacial score (nSPS) is 13.2. The average molecular weight is 207 g/mol. The van der Waals surface area contributed by atoms with Gasteiger partial charge in [-0.3, -0.25) is 4.99 Å². The molecule has 0 saturated heterocycles. The van der Waals surface area contributed by atoms with Crippen molar-refractivity contribution in [3.63, 3.8) is 0 Å². The van der Waals surface area contributed by atoms with E-state index in [1.54, 1.807) is 0 Å². The minimum atomic E-state index is -3.06. The van der Waals surface area contributed by atoms with Crippen molar-refractivity contribution in [1.82, 2.24) is 4.72 Å². The van der Waals surface area contributed by atoms with Gasteiger partial charge in [-0.05, 0) is 6.42 Å². The van der Waals surface area contributed by atoms with Crippen molar-refractivity contribution < 1.29 is 8.42 Å². The van der Waals surface area contributed by atoms with Gasteiger partial charge in [0, 0.05) is 19.5 Å². The van der Waals surface area contributed by atoms with Crippen LogP contribution in [0.15, 0.2) is 4.99 Å². The number of nitrogens with zero attached hydrogens (tertiary/aromatic N) is 1. The van der Waals surface area contributed by atoms with Crippen molar-refractivity contribution in [1.29, 1.82) is 0 Å². The van der Waals surface area contributed by atoms with Crippen molar-refractivity contribution in [3.05, 3.63) is 0 Å². The Morgan fingerprint density at radius 1 is 1.54 bits per heavy atom. The Morgan fingerprint density at radius 3 is 2.62 bits per heavy atom. The number of hydrogen-bond acceptors (Lipinski definition) is 3. The third-order valence-corrected chi connectivity index (χ3v) is 2.10. The molecule has 0 aliphatic carbocycles. The third-order valence-electron chi connectivity index (χ3n) is 1.38. The van der Waals surface area contributed by atoms with Gasteiger partial charge in [-0.2, -0.15) is 0 Å². The molecular formula is C7H17N3O2S. The summed E-state index contributed by atoms with van der Waals surface area (Å²) in [5.74, 6) is 0.611. The van der Waals surface area contributed by atoms with Gasteiger partial charge in [-0.25, -0.2) is 13.1 Å². The Morgan fingerprint density at radius 2 is 2.15 bits per heavy atom. The van der Waals surface area contributed by atoms with Crippen LogP contribution >= 0.6 is 0 Å². The average Bonchev–Trinajstić information content (AvgIpc) is 2.01. The quantitative estimate of drug-likeness (QED) is 0.356. The lowest BCUT2D eigenvalue weighted by Gasteiger charge is -2.00. The summed E-state index contributed by atoms with van der Waals surface area (Å²) in [6.07, 6.45) is 2.55. The maximum atomic E-state index is 10.6. The fraction of sp³-hybridized carbons (Fsp3) is 0.857. The number of aliphatic imine (C=N–C) groups is 1. The number of nitrogens with one attached hydrogen (secondary N) is 1. The van der Waals surface area contributed by atoms with Crippen LogP contribution in [0.25, 0.3) is 0 Å². The molecule has 0 aromatic heterocycles. The molecular weight excluding hydrogens is 190 g/mol. The smallest absolute Gasteiger partial charge is 0.208 e. The zero-order valence-electron chi connectivity index (χ0n) is 8.08. The van der Waals surface area contributed by atoms with Crippen LogP contribution in [-0.4, -0.2) is 33.6 Å². The van der Waals surface area contributed by atoms with Gasteiger partial charge < -0.3 is 5.73 Å². The van der Waals surface area contributed by atoms with E-state index in [1.165, 1.54) is 0 Å². The molecule has 0 spiro atoms. The van der Waals surface area contributed by atoms with Crippen molar-refractivity contribution in [2.75, 3.05) is 19.3 Å². The van der Waals surface area contributed by atoms with Gasteiger partial charge in [0.05, 0.1) is 12.1 Å². The van der Waals surface area contributed by atoms with Crippen LogP contribution in [0.1, 0.15) is 19.8 Å². The monoisotopic (exact) mass is 207 g/mol. The van der Waals surface area contributed by atoms with Crippen LogP contribution in [0.2, 0.25) is 0 Å². The van der Waals surface area contributed by atoms with E-state index in [4.69, 9.17) is 5.73 Å². The predicted molar refractivity (Wildman–Crippen MR) is 54.2 cm³/mol. The van der Waals surface area contributed by atoms with E-state index >= 15 is 0 Å². The fourth-order valence-corrected chi connectivity index (χ4v) is 1.19. The molecule has 0 saturated carbocycles. The first kappa shape index (κ1) is 12.4. The molecule has 0 aliphatic rings. The summed E-state index contributed by atoms with van der Waals surface area (Å²) in [6.45, 7) is 2.91. The highest BCUT2D eigenvalue weighted by molar-refractivity contribution is 7.88. The highest BCUT2D eigenvalue weighted by Gasteiger charge is 1.97. The Labute approximate surface area is 79.5 Å². The van der Waals surface area contributed by atoms with Crippen molar-refractivity contribution in [2.45, 2.75) is 19.8 Å². The number of amidine groups is 1. The first-order valence-electron chi connectivity index (χ1n) is 4.19. The van der Waals surface area contributed by atoms with E-state index in [2.05, 4.69) is 9.71 Å². The molecule has 0 radical (unpaired) electrons. The summed E-state index contributed by atoms with van der Waals surface area (Å²) in [4.78, 5) is 4.02. The molecule has 0 heterocycles. The first-order chi connectivity index (χ1) is 5.95. The largest absolute Gasteiger partial charge is 0.387 e. The molecule has 0 bridgehead atoms. The lowest BCUT2D eigenvalue weighted by molar-refractivity contribution is 0.586. The number of rotatable bonds is 6. The van der Waals surface area contributed by atoms with Crippen molar-refractivity contribution in [2.24, 2.45) is 10.7 Å². The highest BCUT2D eigenvalue weighted by Crippen LogP contribution is 1.84. The molecule has 0 aromatic carbocycles. The molecule has 13 heavy (non-hydrogen) atoms. The van der Waals surface area contributed by atoms with Gasteiger partial charge in [-0.15, -0.1) is 0 Å². The highest BCUT2D eigenvalue weighted by atomic mass is 32.2. The SMILES string of the molecule is CCC(N)=NCCCNS(C)(=O)=O. The fourth-order valence-electron chi connectivity index (χ4n) is 0.671. The molecule has 0 fully saturated rings. The lowest BCUT2D eigenvalue weighted by atomic mass is 10.4. The van der Waals surface area contributed by atoms with E-state index in [0.717, 1.165) is 12.7 Å². The number of sulfonamides is 1. The Balaban J connectivity index is 3.48. The molecule has 3 N–H and O–H groups in total. The zero-order valence-corrected chi connectivity index (χ0v) is 8.89. The van der Waals surface area contributed by atoms with Crippen LogP contribution in [0.5, 0.6) is 0 Å². The molecule has 0 rings (SSSR count). The molecule has 78 valence electrons. The summed E-state index contributed by atoms with van der Waals surface area (Å²) in [5.41, 5.74) is 5.45. The van der Waals surface area contributed by atoms with Gasteiger partial charge in [-0.1, -0.05) is 6.92 Å². The molecule has 0 aliphatic heterocycles. The summed E-state index contributed by atoms with van der Waals surface area (Å²) in [5, 5.41) is 0. The van der Waals surface area contributed by atoms with Crippen LogP contribution in [0.4, 0.5) is 0 Å². The summed E-state index contributed by atoms with van der Waals surface area (Å²) >= 11 is 0. The van der Waals surface area contributed by atoms with E-state index in [-0.39, 0.29) is 0 Å². The maximum absolute atomic E-state index is 10.6. The molecule has 5 nitrogen and oxygen atoms in total. The molecule has 0 aromatic rings. The van der Waals surface area contributed by atoms with Gasteiger partial charge in [0.15, 0.2) is 0 Å². The predicted octanol–water partition coefficient (Wildman–Crippen LogP) is -0.307. The van der Waals surface area contributed by atoms with Gasteiger partial charge >= 0.3 is 0 Å². The lowest BCUT2D eigenvalue weighted by Crippen LogP contribution is -2.23. The molecule has 6 heteroatoms. The molecule has 0 atom stereocenters. The third kappa shape index (κ3) is 9.29. The van der Waals surface area contributed by atoms with E-state index in [9.17, 15) is 8.42 Å². The molecule has 0 unspecified atom stereocenters. The molecule has 0 amide bonds. The first-order valence-corrected chi connectivity index (χ1v) is 6.08. The van der Waals surface area contributed by atoms with Gasteiger partial charge in [0.2, 0.25) is 10.0 Å². The van der Waals surface area contributed by atoms with Gasteiger partial charge in [0.1, 0.15) is 0 Å². The second-order valence-corrected chi connectivity index (χ2v) is 4.58. The van der Waals surface area contributed by atoms with Gasteiger partial charge in [0.25, 0.3) is 0 Å². The number of hydrogen-bond donors (Lipinski definition) is 2. The Hall–Kier alpha value is -0.620. The summed E-state index contributed by atoms with van der Waals surface area (Å²) in [7, 11) is -3.06. The summed E-state index contributed by atoms with van der Waals surface area (Å²) < 4.78 is 23.6. The maximum Gasteiger partial charge on any atom is 0.208 e. The second kappa shape index (κ2) is 5.93. The standard InChI is InChI=1S/C7H17N3O2S/c1-3-7(8)9-5-4-6-10-13(2,11)12/h10H,3-6H2,1-2H3,(H2,8,9).